The van der Waals surface area contributed by atoms with E-state index in [9.17, 15) is 0 Å². The Morgan fingerprint density at radius 2 is 0.328 bits per heavy atom. The van der Waals surface area contributed by atoms with Gasteiger partial charge in [0, 0.05) is 32.9 Å². The summed E-state index contributed by atoms with van der Waals surface area (Å²) in [5, 5.41) is 5.30. The highest BCUT2D eigenvalue weighted by Crippen LogP contribution is 2.42. The molecule has 0 fully saturated rings. The normalized spacial score (nSPS) is 13.0. The van der Waals surface area contributed by atoms with Gasteiger partial charge in [0.1, 0.15) is 0 Å². The van der Waals surface area contributed by atoms with Crippen molar-refractivity contribution < 1.29 is 0 Å². The molecule has 11 aromatic carbocycles. The number of fused-ring (bicyclic) bond motifs is 6. The third-order valence-corrected chi connectivity index (χ3v) is 23.2. The van der Waals surface area contributed by atoms with Crippen molar-refractivity contribution in [3.8, 4) is 33.6 Å². The molecule has 0 amide bonds. The van der Waals surface area contributed by atoms with Crippen LogP contribution in [0.25, 0.3) is 77.2 Å². The molecule has 2 heteroatoms. The Hall–Kier alpha value is -8.98. The fraction of sp³-hybridized carbons (Fsp3) is 0.421. The van der Waals surface area contributed by atoms with Gasteiger partial charge in [0.05, 0.1) is 22.1 Å². The maximum Gasteiger partial charge on any atom is 0.0541 e. The Kier molecular flexibility index (Phi) is 26.2. The largest absolute Gasteiger partial charge is 0.309 e. The standard InChI is InChI=1S/C30H37N.C30H38.C22H21N.C18H30.C14H22/c1-28(2,3)20-10-14-23(15-11-20)31-26-16-12-21(29(4,5)6)18-24(26)25-19-22(30(7,8)9)13-17-27(25)31;1-28(2,3)25-14-10-21(11-15-25)23-18-24(20-27(19-23)30(7,8)9)22-12-16-26(17-13-22)29(4,5)6;1-22(2,3)16-12-14-17(15-13-16)23-20-10-6-4-8-18(20)19-9-5-7-11-21(19)23;1-16(2,3)13-10-14(17(4,5)6)12-15(11-13)18(7,8)9;1-13(2,3)11-7-9-12(10-8-11)14(4,5)6/h10-19H,1-9H3;10-20H,1-9H3;4-15H,1-3H3;10-12H,1-9H3;7-10H,1-6H3. The summed E-state index contributed by atoms with van der Waals surface area (Å²) >= 11 is 0. The van der Waals surface area contributed by atoms with Crippen LogP contribution in [0, 0.1) is 0 Å². The van der Waals surface area contributed by atoms with Crippen LogP contribution in [-0.4, -0.2) is 9.13 Å². The molecule has 0 radical (unpaired) electrons. The van der Waals surface area contributed by atoms with E-state index in [0.29, 0.717) is 0 Å². The summed E-state index contributed by atoms with van der Waals surface area (Å²) in [7, 11) is 0. The van der Waals surface area contributed by atoms with Gasteiger partial charge in [-0.05, 0) is 221 Å². The monoisotopic (exact) mass is 1550 g/mol. The minimum absolute atomic E-state index is 0.0987. The zero-order valence-electron chi connectivity index (χ0n) is 79.0. The van der Waals surface area contributed by atoms with Crippen molar-refractivity contribution in [3.05, 3.63) is 309 Å². The van der Waals surface area contributed by atoms with Crippen LogP contribution >= 0.6 is 0 Å². The SMILES string of the molecule is CC(C)(C)c1cc(C(C)(C)C)cc(C(C)(C)C)c1.CC(C)(C)c1ccc(-c2cc(-c3ccc(C(C)(C)C)cc3)cc(C(C)(C)C)c2)cc1.CC(C)(C)c1ccc(-n2c3ccc(C(C)(C)C)cc3c3cc(C(C)(C)C)ccc32)cc1.CC(C)(C)c1ccc(-n2c3ccccc3c3ccccc32)cc1.CC(C)(C)c1ccc(C(C)(C)C)cc1. The first kappa shape index (κ1) is 90.9. The fourth-order valence-electron chi connectivity index (χ4n) is 14.8. The highest BCUT2D eigenvalue weighted by molar-refractivity contribution is 6.10. The molecule has 0 spiro atoms. The molecule has 0 aliphatic heterocycles. The molecular formula is C114H148N2. The van der Waals surface area contributed by atoms with Crippen molar-refractivity contribution in [1.29, 1.82) is 0 Å². The summed E-state index contributed by atoms with van der Waals surface area (Å²) in [6.45, 7) is 81.9. The first-order valence-electron chi connectivity index (χ1n) is 43.0. The number of para-hydroxylation sites is 2. The van der Waals surface area contributed by atoms with E-state index in [1.165, 1.54) is 144 Å². The van der Waals surface area contributed by atoms with Gasteiger partial charge in [-0.1, -0.05) is 425 Å². The summed E-state index contributed by atoms with van der Waals surface area (Å²) < 4.78 is 4.78. The maximum atomic E-state index is 2.43. The van der Waals surface area contributed by atoms with Gasteiger partial charge in [-0.25, -0.2) is 0 Å². The zero-order valence-corrected chi connectivity index (χ0v) is 79.0. The molecular weight excluding hydrogens is 1400 g/mol. The quantitative estimate of drug-likeness (QED) is 0.166. The average Bonchev–Trinajstić information content (AvgIpc) is 1.60. The Bertz CT molecular complexity index is 5160. The van der Waals surface area contributed by atoms with Gasteiger partial charge in [-0.15, -0.1) is 0 Å². The second-order valence-electron chi connectivity index (χ2n) is 45.6. The molecule has 0 N–H and O–H groups in total. The molecule has 116 heavy (non-hydrogen) atoms. The molecule has 13 aromatic rings. The molecule has 0 unspecified atom stereocenters. The van der Waals surface area contributed by atoms with Crippen LogP contribution in [0.5, 0.6) is 0 Å². The molecule has 0 aliphatic rings. The van der Waals surface area contributed by atoms with Crippen molar-refractivity contribution in [3.63, 3.8) is 0 Å². The van der Waals surface area contributed by atoms with E-state index in [-0.39, 0.29) is 65.0 Å². The summed E-state index contributed by atoms with van der Waals surface area (Å²) in [5.74, 6) is 0. The predicted molar refractivity (Wildman–Crippen MR) is 516 cm³/mol. The molecule has 13 rings (SSSR count). The van der Waals surface area contributed by atoms with Gasteiger partial charge in [0.15, 0.2) is 0 Å². The first-order valence-corrected chi connectivity index (χ1v) is 43.0. The molecule has 2 nitrogen and oxygen atoms in total. The number of nitrogens with zero attached hydrogens (tertiary/aromatic N) is 2. The second-order valence-corrected chi connectivity index (χ2v) is 45.6. The fourth-order valence-corrected chi connectivity index (χ4v) is 14.8. The van der Waals surface area contributed by atoms with Crippen molar-refractivity contribution in [2.45, 2.75) is 314 Å². The Morgan fingerprint density at radius 1 is 0.138 bits per heavy atom. The van der Waals surface area contributed by atoms with Crippen LogP contribution in [0.2, 0.25) is 0 Å². The Balaban J connectivity index is 0.000000170. The van der Waals surface area contributed by atoms with Gasteiger partial charge in [0.2, 0.25) is 0 Å². The second kappa shape index (κ2) is 33.4. The third kappa shape index (κ3) is 22.4. The average molecular weight is 1550 g/mol. The summed E-state index contributed by atoms with van der Waals surface area (Å²) in [6.07, 6.45) is 0. The lowest BCUT2D eigenvalue weighted by molar-refractivity contribution is 0.548. The summed E-state index contributed by atoms with van der Waals surface area (Å²) in [4.78, 5) is 0. The van der Waals surface area contributed by atoms with E-state index < -0.39 is 0 Å². The van der Waals surface area contributed by atoms with Gasteiger partial charge >= 0.3 is 0 Å². The molecule has 0 bridgehead atoms. The van der Waals surface area contributed by atoms with Crippen LogP contribution in [0.1, 0.15) is 316 Å². The lowest BCUT2D eigenvalue weighted by Gasteiger charge is -2.29. The van der Waals surface area contributed by atoms with Gasteiger partial charge in [0.25, 0.3) is 0 Å². The van der Waals surface area contributed by atoms with E-state index in [0.717, 1.165) is 0 Å². The van der Waals surface area contributed by atoms with Crippen molar-refractivity contribution in [1.82, 2.24) is 9.13 Å². The molecule has 0 atom stereocenters. The zero-order chi connectivity index (χ0) is 86.5. The highest BCUT2D eigenvalue weighted by atomic mass is 15.0. The minimum Gasteiger partial charge on any atom is -0.309 e. The third-order valence-electron chi connectivity index (χ3n) is 23.2. The van der Waals surface area contributed by atoms with Crippen molar-refractivity contribution >= 4 is 43.6 Å². The van der Waals surface area contributed by atoms with Crippen molar-refractivity contribution in [2.75, 3.05) is 0 Å². The number of hydrogen-bond acceptors (Lipinski definition) is 0. The lowest BCUT2D eigenvalue weighted by Crippen LogP contribution is -2.20. The lowest BCUT2D eigenvalue weighted by atomic mass is 9.76. The molecule has 0 saturated carbocycles. The Labute approximate surface area is 705 Å². The van der Waals surface area contributed by atoms with Crippen LogP contribution in [0.4, 0.5) is 0 Å². The molecule has 2 heterocycles. The van der Waals surface area contributed by atoms with Gasteiger partial charge in [-0.3, -0.25) is 0 Å². The number of aromatic nitrogens is 2. The topological polar surface area (TPSA) is 9.86 Å². The number of hydrogen-bond donors (Lipinski definition) is 0. The summed E-state index contributed by atoms with van der Waals surface area (Å²) in [6, 6.07) is 90.8. The van der Waals surface area contributed by atoms with E-state index >= 15 is 0 Å². The molecule has 0 saturated heterocycles. The predicted octanol–water partition coefficient (Wildman–Crippen LogP) is 33.5. The molecule has 2 aromatic heterocycles. The number of rotatable bonds is 4. The van der Waals surface area contributed by atoms with Gasteiger partial charge < -0.3 is 9.13 Å². The van der Waals surface area contributed by atoms with Crippen LogP contribution < -0.4 is 0 Å². The Morgan fingerprint density at radius 3 is 0.560 bits per heavy atom. The van der Waals surface area contributed by atoms with E-state index in [2.05, 4.69) is 501 Å². The highest BCUT2D eigenvalue weighted by Gasteiger charge is 2.28. The maximum absolute atomic E-state index is 2.43. The summed E-state index contributed by atoms with van der Waals surface area (Å²) in [5.41, 5.74) is 31.6. The first-order chi connectivity index (χ1) is 53.1. The van der Waals surface area contributed by atoms with Crippen LogP contribution in [0.3, 0.4) is 0 Å². The van der Waals surface area contributed by atoms with Crippen molar-refractivity contribution in [2.24, 2.45) is 0 Å². The van der Waals surface area contributed by atoms with E-state index in [1.807, 2.05) is 0 Å². The molecule has 0 aliphatic carbocycles. The van der Waals surface area contributed by atoms with E-state index in [1.54, 1.807) is 0 Å². The van der Waals surface area contributed by atoms with Crippen LogP contribution in [0.15, 0.2) is 243 Å². The molecule has 614 valence electrons. The van der Waals surface area contributed by atoms with E-state index in [4.69, 9.17) is 0 Å². The minimum atomic E-state index is 0.0987. The van der Waals surface area contributed by atoms with Crippen LogP contribution in [-0.2, 0) is 65.0 Å². The van der Waals surface area contributed by atoms with Gasteiger partial charge in [-0.2, -0.15) is 0 Å². The smallest absolute Gasteiger partial charge is 0.0541 e. The number of benzene rings is 11.